The molecule has 0 aliphatic heterocycles. The SMILES string of the molecule is C/C=C(\C)c1cn(C)c(=O)cc1CNC. The maximum atomic E-state index is 11.5. The highest BCUT2D eigenvalue weighted by atomic mass is 16.1. The Hall–Kier alpha value is -1.35. The number of hydrogen-bond donors (Lipinski definition) is 1. The van der Waals surface area contributed by atoms with Crippen LogP contribution < -0.4 is 10.9 Å². The fourth-order valence-corrected chi connectivity index (χ4v) is 1.52. The van der Waals surface area contributed by atoms with Crippen molar-refractivity contribution < 1.29 is 0 Å². The van der Waals surface area contributed by atoms with E-state index in [-0.39, 0.29) is 5.56 Å². The van der Waals surface area contributed by atoms with Gasteiger partial charge in [0.2, 0.25) is 0 Å². The number of aromatic nitrogens is 1. The summed E-state index contributed by atoms with van der Waals surface area (Å²) in [6.07, 6.45) is 3.95. The lowest BCUT2D eigenvalue weighted by Crippen LogP contribution is -2.19. The molecule has 1 aromatic heterocycles. The Kier molecular flexibility index (Phi) is 3.86. The molecule has 0 radical (unpaired) electrons. The van der Waals surface area contributed by atoms with Crippen molar-refractivity contribution in [1.82, 2.24) is 9.88 Å². The third-order valence-corrected chi connectivity index (χ3v) is 2.54. The lowest BCUT2D eigenvalue weighted by molar-refractivity contribution is 0.789. The predicted molar refractivity (Wildman–Crippen MR) is 63.8 cm³/mol. The van der Waals surface area contributed by atoms with E-state index in [1.54, 1.807) is 17.7 Å². The second kappa shape index (κ2) is 4.94. The van der Waals surface area contributed by atoms with Crippen molar-refractivity contribution in [2.45, 2.75) is 20.4 Å². The summed E-state index contributed by atoms with van der Waals surface area (Å²) in [6, 6.07) is 1.69. The Bertz CT molecular complexity index is 430. The summed E-state index contributed by atoms with van der Waals surface area (Å²) in [5.41, 5.74) is 3.41. The summed E-state index contributed by atoms with van der Waals surface area (Å²) in [5, 5.41) is 3.07. The Morgan fingerprint density at radius 2 is 2.27 bits per heavy atom. The Labute approximate surface area is 90.4 Å². The summed E-state index contributed by atoms with van der Waals surface area (Å²) in [4.78, 5) is 11.5. The van der Waals surface area contributed by atoms with Crippen LogP contribution in [0.25, 0.3) is 5.57 Å². The molecule has 0 atom stereocenters. The van der Waals surface area contributed by atoms with Crippen LogP contribution in [0.4, 0.5) is 0 Å². The number of rotatable bonds is 3. The van der Waals surface area contributed by atoms with Gasteiger partial charge >= 0.3 is 0 Å². The first-order chi connectivity index (χ1) is 7.10. The van der Waals surface area contributed by atoms with Gasteiger partial charge in [-0.25, -0.2) is 0 Å². The fourth-order valence-electron chi connectivity index (χ4n) is 1.52. The van der Waals surface area contributed by atoms with Crippen LogP contribution in [0.2, 0.25) is 0 Å². The molecule has 0 unspecified atom stereocenters. The van der Waals surface area contributed by atoms with Crippen LogP contribution >= 0.6 is 0 Å². The van der Waals surface area contributed by atoms with Crippen LogP contribution in [0.3, 0.4) is 0 Å². The summed E-state index contributed by atoms with van der Waals surface area (Å²) in [5.74, 6) is 0. The number of nitrogens with zero attached hydrogens (tertiary/aromatic N) is 1. The van der Waals surface area contributed by atoms with E-state index in [1.165, 1.54) is 5.57 Å². The van der Waals surface area contributed by atoms with Crippen molar-refractivity contribution in [1.29, 1.82) is 0 Å². The van der Waals surface area contributed by atoms with Crippen LogP contribution in [0.15, 0.2) is 23.1 Å². The molecule has 0 spiro atoms. The molecule has 1 aromatic rings. The number of nitrogens with one attached hydrogen (secondary N) is 1. The van der Waals surface area contributed by atoms with Gasteiger partial charge in [-0.15, -0.1) is 0 Å². The predicted octanol–water partition coefficient (Wildman–Crippen LogP) is 1.53. The minimum Gasteiger partial charge on any atom is -0.318 e. The molecule has 0 aromatic carbocycles. The van der Waals surface area contributed by atoms with Gasteiger partial charge in [0.15, 0.2) is 0 Å². The van der Waals surface area contributed by atoms with Gasteiger partial charge in [0.25, 0.3) is 5.56 Å². The number of allylic oxidation sites excluding steroid dienone is 2. The Morgan fingerprint density at radius 1 is 1.60 bits per heavy atom. The molecule has 1 heterocycles. The first-order valence-electron chi connectivity index (χ1n) is 5.07. The Morgan fingerprint density at radius 3 is 2.80 bits per heavy atom. The molecule has 0 fully saturated rings. The smallest absolute Gasteiger partial charge is 0.250 e. The fraction of sp³-hybridized carbons (Fsp3) is 0.417. The summed E-state index contributed by atoms with van der Waals surface area (Å²) < 4.78 is 1.61. The van der Waals surface area contributed by atoms with E-state index >= 15 is 0 Å². The van der Waals surface area contributed by atoms with Crippen LogP contribution in [0, 0.1) is 0 Å². The second-order valence-electron chi connectivity index (χ2n) is 3.66. The van der Waals surface area contributed by atoms with Crippen LogP contribution in [0.5, 0.6) is 0 Å². The van der Waals surface area contributed by atoms with Gasteiger partial charge in [-0.2, -0.15) is 0 Å². The molecule has 82 valence electrons. The molecule has 3 nitrogen and oxygen atoms in total. The van der Waals surface area contributed by atoms with Crippen LogP contribution in [-0.2, 0) is 13.6 Å². The molecule has 0 saturated heterocycles. The molecule has 0 amide bonds. The standard InChI is InChI=1S/C12H18N2O/c1-5-9(2)11-8-14(4)12(15)6-10(11)7-13-3/h5-6,8,13H,7H2,1-4H3/b9-5+. The minimum absolute atomic E-state index is 0.0351. The average Bonchev–Trinajstić information content (AvgIpc) is 2.22. The van der Waals surface area contributed by atoms with Crippen molar-refractivity contribution in [3.8, 4) is 0 Å². The minimum atomic E-state index is 0.0351. The zero-order valence-corrected chi connectivity index (χ0v) is 9.79. The van der Waals surface area contributed by atoms with Gasteiger partial charge in [0, 0.05) is 25.9 Å². The van der Waals surface area contributed by atoms with Crippen LogP contribution in [-0.4, -0.2) is 11.6 Å². The lowest BCUT2D eigenvalue weighted by Gasteiger charge is -2.11. The van der Waals surface area contributed by atoms with Gasteiger partial charge < -0.3 is 9.88 Å². The normalized spacial score (nSPS) is 11.9. The van der Waals surface area contributed by atoms with E-state index in [4.69, 9.17) is 0 Å². The van der Waals surface area contributed by atoms with E-state index < -0.39 is 0 Å². The third kappa shape index (κ3) is 2.57. The molecular formula is C12H18N2O. The maximum Gasteiger partial charge on any atom is 0.250 e. The van der Waals surface area contributed by atoms with Crippen molar-refractivity contribution in [3.05, 3.63) is 39.8 Å². The molecule has 1 rings (SSSR count). The molecular weight excluding hydrogens is 188 g/mol. The number of hydrogen-bond acceptors (Lipinski definition) is 2. The number of pyridine rings is 1. The van der Waals surface area contributed by atoms with Crippen LogP contribution in [0.1, 0.15) is 25.0 Å². The molecule has 0 bridgehead atoms. The third-order valence-electron chi connectivity index (χ3n) is 2.54. The zero-order chi connectivity index (χ0) is 11.4. The highest BCUT2D eigenvalue weighted by molar-refractivity contribution is 5.65. The van der Waals surface area contributed by atoms with E-state index in [0.29, 0.717) is 0 Å². The second-order valence-corrected chi connectivity index (χ2v) is 3.66. The summed E-state index contributed by atoms with van der Waals surface area (Å²) >= 11 is 0. The molecule has 0 aliphatic carbocycles. The molecule has 15 heavy (non-hydrogen) atoms. The monoisotopic (exact) mass is 206 g/mol. The van der Waals surface area contributed by atoms with Crippen molar-refractivity contribution in [2.75, 3.05) is 7.05 Å². The van der Waals surface area contributed by atoms with Crippen molar-refractivity contribution in [2.24, 2.45) is 7.05 Å². The number of aryl methyl sites for hydroxylation is 1. The highest BCUT2D eigenvalue weighted by Gasteiger charge is 2.05. The molecule has 3 heteroatoms. The largest absolute Gasteiger partial charge is 0.318 e. The van der Waals surface area contributed by atoms with Gasteiger partial charge in [0.1, 0.15) is 0 Å². The highest BCUT2D eigenvalue weighted by Crippen LogP contribution is 2.16. The zero-order valence-electron chi connectivity index (χ0n) is 9.79. The van der Waals surface area contributed by atoms with E-state index in [9.17, 15) is 4.79 Å². The van der Waals surface area contributed by atoms with Gasteiger partial charge in [0.05, 0.1) is 0 Å². The lowest BCUT2D eigenvalue weighted by atomic mass is 10.0. The molecule has 0 saturated carbocycles. The average molecular weight is 206 g/mol. The summed E-state index contributed by atoms with van der Waals surface area (Å²) in [7, 11) is 3.66. The van der Waals surface area contributed by atoms with Gasteiger partial charge in [-0.05, 0) is 37.6 Å². The first-order valence-corrected chi connectivity index (χ1v) is 5.07. The van der Waals surface area contributed by atoms with E-state index in [0.717, 1.165) is 17.7 Å². The molecule has 0 aliphatic rings. The van der Waals surface area contributed by atoms with E-state index in [2.05, 4.69) is 18.3 Å². The Balaban J connectivity index is 3.34. The van der Waals surface area contributed by atoms with E-state index in [1.807, 2.05) is 20.2 Å². The van der Waals surface area contributed by atoms with Crippen molar-refractivity contribution >= 4 is 5.57 Å². The topological polar surface area (TPSA) is 34.0 Å². The van der Waals surface area contributed by atoms with Crippen molar-refractivity contribution in [3.63, 3.8) is 0 Å². The quantitative estimate of drug-likeness (QED) is 0.813. The first kappa shape index (κ1) is 11.7. The van der Waals surface area contributed by atoms with Gasteiger partial charge in [-0.3, -0.25) is 4.79 Å². The maximum absolute atomic E-state index is 11.5. The summed E-state index contributed by atoms with van der Waals surface area (Å²) in [6.45, 7) is 4.78. The molecule has 1 N–H and O–H groups in total. The van der Waals surface area contributed by atoms with Gasteiger partial charge in [-0.1, -0.05) is 6.08 Å².